The highest BCUT2D eigenvalue weighted by atomic mass is 16.5. The fourth-order valence-electron chi connectivity index (χ4n) is 6.74. The van der Waals surface area contributed by atoms with Gasteiger partial charge in [-0.3, -0.25) is 9.59 Å². The molecule has 1 saturated carbocycles. The molecule has 2 saturated heterocycles. The Morgan fingerprint density at radius 1 is 1.03 bits per heavy atom. The second-order valence-electron chi connectivity index (χ2n) is 12.2. The van der Waals surface area contributed by atoms with E-state index in [1.807, 2.05) is 43.1 Å². The summed E-state index contributed by atoms with van der Waals surface area (Å²) in [4.78, 5) is 37.1. The molecule has 1 aromatic heterocycles. The van der Waals surface area contributed by atoms with E-state index in [1.54, 1.807) is 0 Å². The first kappa shape index (κ1) is 28.3. The predicted molar refractivity (Wildman–Crippen MR) is 154 cm³/mol. The Hall–Kier alpha value is -2.70. The Morgan fingerprint density at radius 3 is 2.29 bits per heavy atom. The van der Waals surface area contributed by atoms with Crippen molar-refractivity contribution in [3.63, 3.8) is 0 Å². The summed E-state index contributed by atoms with van der Waals surface area (Å²) in [6, 6.07) is 6.34. The number of carbonyl (C=O) groups excluding carboxylic acids is 2. The minimum atomic E-state index is -0.145. The number of amides is 1. The standard InChI is InChI=1S/C29H40N4O3.C2H6.H2/c1-29(2,3)21-9-11-22(12-10-21)31-28-30-17-20-14-18(8-13-25(20)32-28)26(34)33-23-6-5-7-24(33)16-19(15-23)27(35)36-4;1-2;/h8,13-14,17,19,21-24H,5-7,9-12,15-16H2,1-4H3,(H,30,31,32);1-2H3;1H. The second kappa shape index (κ2) is 12.0. The minimum Gasteiger partial charge on any atom is -0.469 e. The number of ether oxygens (including phenoxy) is 1. The van der Waals surface area contributed by atoms with E-state index in [0.29, 0.717) is 35.8 Å². The topological polar surface area (TPSA) is 84.4 Å². The maximum absolute atomic E-state index is 13.6. The van der Waals surface area contributed by atoms with Gasteiger partial charge in [0.05, 0.1) is 18.5 Å². The maximum atomic E-state index is 13.6. The van der Waals surface area contributed by atoms with E-state index in [1.165, 1.54) is 20.0 Å². The number of fused-ring (bicyclic) bond motifs is 3. The number of aromatic nitrogens is 2. The lowest BCUT2D eigenvalue weighted by Gasteiger charge is -2.48. The lowest BCUT2D eigenvalue weighted by atomic mass is 9.71. The molecule has 1 aromatic carbocycles. The normalized spacial score (nSPS) is 27.2. The van der Waals surface area contributed by atoms with Crippen molar-refractivity contribution >= 4 is 28.7 Å². The van der Waals surface area contributed by atoms with Gasteiger partial charge in [0.25, 0.3) is 5.91 Å². The highest BCUT2D eigenvalue weighted by molar-refractivity contribution is 5.98. The molecule has 2 bridgehead atoms. The highest BCUT2D eigenvalue weighted by Gasteiger charge is 2.43. The SMILES string of the molecule is CC.COC(=O)C1CC2CCCC(C1)N2C(=O)c1ccc2nc(NC3CCC(C(C)(C)C)CC3)ncc2c1.[HH]. The van der Waals surface area contributed by atoms with Crippen LogP contribution < -0.4 is 5.32 Å². The van der Waals surface area contributed by atoms with Gasteiger partial charge < -0.3 is 15.0 Å². The van der Waals surface area contributed by atoms with Crippen LogP contribution >= 0.6 is 0 Å². The number of nitrogens with zero attached hydrogens (tertiary/aromatic N) is 3. The molecule has 2 unspecified atom stereocenters. The number of hydrogen-bond donors (Lipinski definition) is 1. The Balaban J connectivity index is 0.00000137. The molecule has 2 atom stereocenters. The number of nitrogens with one attached hydrogen (secondary N) is 1. The Kier molecular flexibility index (Phi) is 8.94. The number of carbonyl (C=O) groups is 2. The summed E-state index contributed by atoms with van der Waals surface area (Å²) in [5.41, 5.74) is 1.88. The minimum absolute atomic E-state index is 0. The third-order valence-corrected chi connectivity index (χ3v) is 8.86. The number of esters is 1. The summed E-state index contributed by atoms with van der Waals surface area (Å²) < 4.78 is 5.00. The molecular weight excluding hydrogens is 476 g/mol. The van der Waals surface area contributed by atoms with Crippen LogP contribution in [0.25, 0.3) is 10.9 Å². The molecule has 3 aliphatic rings. The molecule has 7 nitrogen and oxygen atoms in total. The van der Waals surface area contributed by atoms with E-state index in [0.717, 1.165) is 48.9 Å². The third-order valence-electron chi connectivity index (χ3n) is 8.86. The van der Waals surface area contributed by atoms with E-state index < -0.39 is 0 Å². The Bertz CT molecular complexity index is 1110. The number of benzene rings is 1. The van der Waals surface area contributed by atoms with Crippen molar-refractivity contribution in [2.75, 3.05) is 12.4 Å². The van der Waals surface area contributed by atoms with Crippen molar-refractivity contribution in [3.8, 4) is 0 Å². The van der Waals surface area contributed by atoms with E-state index in [9.17, 15) is 9.59 Å². The summed E-state index contributed by atoms with van der Waals surface area (Å²) in [6.07, 6.45) is 11.0. The van der Waals surface area contributed by atoms with Crippen LogP contribution in [0.15, 0.2) is 24.4 Å². The molecule has 1 aliphatic carbocycles. The van der Waals surface area contributed by atoms with E-state index in [2.05, 4.69) is 31.1 Å². The average molecular weight is 525 g/mol. The molecular formula is C31H48N4O3. The largest absolute Gasteiger partial charge is 0.469 e. The third kappa shape index (κ3) is 6.13. The van der Waals surface area contributed by atoms with Crippen molar-refractivity contribution in [2.24, 2.45) is 17.3 Å². The van der Waals surface area contributed by atoms with Gasteiger partial charge in [-0.1, -0.05) is 34.6 Å². The molecule has 2 aliphatic heterocycles. The molecule has 38 heavy (non-hydrogen) atoms. The molecule has 7 heteroatoms. The van der Waals surface area contributed by atoms with E-state index in [-0.39, 0.29) is 31.3 Å². The number of methoxy groups -OCH3 is 1. The molecule has 0 radical (unpaired) electrons. The van der Waals surface area contributed by atoms with E-state index in [4.69, 9.17) is 9.72 Å². The molecule has 1 N–H and O–H groups in total. The van der Waals surface area contributed by atoms with Crippen LogP contribution in [0.1, 0.15) is 104 Å². The van der Waals surface area contributed by atoms with Crippen molar-refractivity contribution in [1.29, 1.82) is 0 Å². The zero-order valence-corrected chi connectivity index (χ0v) is 24.1. The summed E-state index contributed by atoms with van der Waals surface area (Å²) >= 11 is 0. The first-order valence-corrected chi connectivity index (χ1v) is 14.7. The van der Waals surface area contributed by atoms with Gasteiger partial charge >= 0.3 is 5.97 Å². The number of anilines is 1. The zero-order chi connectivity index (χ0) is 27.4. The van der Waals surface area contributed by atoms with Gasteiger partial charge in [0, 0.05) is 36.7 Å². The van der Waals surface area contributed by atoms with E-state index >= 15 is 0 Å². The van der Waals surface area contributed by atoms with Crippen molar-refractivity contribution in [3.05, 3.63) is 30.0 Å². The molecule has 2 aromatic rings. The predicted octanol–water partition coefficient (Wildman–Crippen LogP) is 6.87. The van der Waals surface area contributed by atoms with Gasteiger partial charge in [-0.2, -0.15) is 0 Å². The maximum Gasteiger partial charge on any atom is 0.308 e. The first-order chi connectivity index (χ1) is 18.2. The summed E-state index contributed by atoms with van der Waals surface area (Å²) in [5.74, 6) is 1.24. The molecule has 5 rings (SSSR count). The monoisotopic (exact) mass is 524 g/mol. The van der Waals surface area contributed by atoms with Gasteiger partial charge in [0.1, 0.15) is 0 Å². The molecule has 0 spiro atoms. The fourth-order valence-corrected chi connectivity index (χ4v) is 6.74. The highest BCUT2D eigenvalue weighted by Crippen LogP contribution is 2.39. The summed E-state index contributed by atoms with van der Waals surface area (Å²) in [5, 5.41) is 4.42. The first-order valence-electron chi connectivity index (χ1n) is 14.7. The molecule has 1 amide bonds. The van der Waals surface area contributed by atoms with Crippen LogP contribution in [0, 0.1) is 17.3 Å². The van der Waals surface area contributed by atoms with Gasteiger partial charge in [-0.25, -0.2) is 9.97 Å². The van der Waals surface area contributed by atoms with Crippen LogP contribution in [0.4, 0.5) is 5.95 Å². The van der Waals surface area contributed by atoms with Crippen LogP contribution in [0.2, 0.25) is 0 Å². The zero-order valence-electron chi connectivity index (χ0n) is 24.1. The smallest absolute Gasteiger partial charge is 0.308 e. The van der Waals surface area contributed by atoms with Crippen LogP contribution in [0.3, 0.4) is 0 Å². The lowest BCUT2D eigenvalue weighted by molar-refractivity contribution is -0.149. The van der Waals surface area contributed by atoms with Gasteiger partial charge in [-0.05, 0) is 87.3 Å². The van der Waals surface area contributed by atoms with Crippen molar-refractivity contribution in [2.45, 2.75) is 111 Å². The summed E-state index contributed by atoms with van der Waals surface area (Å²) in [6.45, 7) is 11.0. The van der Waals surface area contributed by atoms with Crippen LogP contribution in [-0.4, -0.2) is 52.0 Å². The van der Waals surface area contributed by atoms with Gasteiger partial charge in [0.2, 0.25) is 5.95 Å². The second-order valence-corrected chi connectivity index (χ2v) is 12.2. The van der Waals surface area contributed by atoms with Gasteiger partial charge in [-0.15, -0.1) is 0 Å². The van der Waals surface area contributed by atoms with Crippen LogP contribution in [0.5, 0.6) is 0 Å². The number of hydrogen-bond acceptors (Lipinski definition) is 6. The van der Waals surface area contributed by atoms with Gasteiger partial charge in [0.15, 0.2) is 0 Å². The van der Waals surface area contributed by atoms with Crippen LogP contribution in [-0.2, 0) is 9.53 Å². The lowest BCUT2D eigenvalue weighted by Crippen LogP contribution is -2.55. The molecule has 3 heterocycles. The molecule has 210 valence electrons. The van der Waals surface area contributed by atoms with Crippen molar-refractivity contribution < 1.29 is 15.8 Å². The summed E-state index contributed by atoms with van der Waals surface area (Å²) in [7, 11) is 1.45. The number of rotatable bonds is 4. The number of piperidine rings is 2. The fraction of sp³-hybridized carbons (Fsp3) is 0.677. The average Bonchev–Trinajstić information content (AvgIpc) is 2.92. The quantitative estimate of drug-likeness (QED) is 0.440. The Morgan fingerprint density at radius 2 is 1.68 bits per heavy atom. The Labute approximate surface area is 229 Å². The van der Waals surface area contributed by atoms with Crippen molar-refractivity contribution in [1.82, 2.24) is 14.9 Å². The molecule has 3 fully saturated rings.